The summed E-state index contributed by atoms with van der Waals surface area (Å²) in [4.78, 5) is 0. The van der Waals surface area contributed by atoms with Crippen molar-refractivity contribution in [2.24, 2.45) is 5.73 Å². The van der Waals surface area contributed by atoms with Gasteiger partial charge in [0.2, 0.25) is 0 Å². The van der Waals surface area contributed by atoms with Gasteiger partial charge in [-0.05, 0) is 55.6 Å². The molecule has 0 atom stereocenters. The summed E-state index contributed by atoms with van der Waals surface area (Å²) in [7, 11) is 0. The molecule has 2 rings (SSSR count). The zero-order valence-electron chi connectivity index (χ0n) is 12.0. The second-order valence-corrected chi connectivity index (χ2v) is 5.61. The summed E-state index contributed by atoms with van der Waals surface area (Å²) in [5.74, 6) is 0. The van der Waals surface area contributed by atoms with Crippen LogP contribution >= 0.6 is 15.9 Å². The molecule has 7 heteroatoms. The van der Waals surface area contributed by atoms with Crippen LogP contribution in [0, 0.1) is 6.92 Å². The largest absolute Gasteiger partial charge is 0.330 e. The molecule has 2 aromatic rings. The lowest BCUT2D eigenvalue weighted by molar-refractivity contribution is 0.563. The van der Waals surface area contributed by atoms with E-state index in [9.17, 15) is 0 Å². The van der Waals surface area contributed by atoms with Crippen LogP contribution in [0.15, 0.2) is 10.7 Å². The number of aromatic nitrogens is 5. The highest BCUT2D eigenvalue weighted by Gasteiger charge is 2.13. The molecule has 0 radical (unpaired) electrons. The van der Waals surface area contributed by atoms with Crippen molar-refractivity contribution in [2.45, 2.75) is 46.2 Å². The topological polar surface area (TPSA) is 74.5 Å². The van der Waals surface area contributed by atoms with Crippen molar-refractivity contribution >= 4 is 15.9 Å². The van der Waals surface area contributed by atoms with Crippen molar-refractivity contribution in [3.63, 3.8) is 0 Å². The Bertz CT molecular complexity index is 559. The highest BCUT2D eigenvalue weighted by atomic mass is 79.9. The monoisotopic (exact) mass is 340 g/mol. The molecule has 0 saturated heterocycles. The first-order valence-corrected chi connectivity index (χ1v) is 7.75. The molecule has 0 fully saturated rings. The summed E-state index contributed by atoms with van der Waals surface area (Å²) >= 11 is 3.60. The molecule has 2 heterocycles. The van der Waals surface area contributed by atoms with E-state index in [0.717, 1.165) is 53.9 Å². The molecule has 0 aliphatic rings. The van der Waals surface area contributed by atoms with Gasteiger partial charge in [-0.2, -0.15) is 5.10 Å². The Kier molecular flexibility index (Phi) is 5.31. The molecule has 0 amide bonds. The Hall–Kier alpha value is -1.21. The van der Waals surface area contributed by atoms with Gasteiger partial charge in [-0.25, -0.2) is 4.68 Å². The van der Waals surface area contributed by atoms with Gasteiger partial charge >= 0.3 is 0 Å². The molecule has 2 aromatic heterocycles. The van der Waals surface area contributed by atoms with Crippen LogP contribution < -0.4 is 5.73 Å². The smallest absolute Gasteiger partial charge is 0.0857 e. The van der Waals surface area contributed by atoms with Gasteiger partial charge in [0.05, 0.1) is 28.1 Å². The molecule has 20 heavy (non-hydrogen) atoms. The number of aryl methyl sites for hydroxylation is 3. The predicted molar refractivity (Wildman–Crippen MR) is 81.5 cm³/mol. The zero-order valence-corrected chi connectivity index (χ0v) is 13.6. The second kappa shape index (κ2) is 6.99. The standard InChI is InChI=1S/C13H21BrN6/c1-3-20-12(13(14)10(2)17-20)9-19-8-11(16-18-19)6-4-5-7-15/h8H,3-7,9,15H2,1-2H3. The van der Waals surface area contributed by atoms with E-state index in [4.69, 9.17) is 5.73 Å². The maximum absolute atomic E-state index is 5.49. The van der Waals surface area contributed by atoms with E-state index in [2.05, 4.69) is 38.3 Å². The van der Waals surface area contributed by atoms with Crippen molar-refractivity contribution < 1.29 is 0 Å². The van der Waals surface area contributed by atoms with Crippen LogP contribution in [0.1, 0.15) is 36.8 Å². The SMILES string of the molecule is CCn1nc(C)c(Br)c1Cn1cc(CCCCN)nn1. The molecule has 0 spiro atoms. The van der Waals surface area contributed by atoms with Crippen molar-refractivity contribution in [1.29, 1.82) is 0 Å². The molecule has 0 unspecified atom stereocenters. The van der Waals surface area contributed by atoms with Crippen LogP contribution in [0.3, 0.4) is 0 Å². The fourth-order valence-corrected chi connectivity index (χ4v) is 2.56. The quantitative estimate of drug-likeness (QED) is 0.781. The third-order valence-corrected chi connectivity index (χ3v) is 4.27. The normalized spacial score (nSPS) is 11.2. The highest BCUT2D eigenvalue weighted by Crippen LogP contribution is 2.21. The molecule has 0 aliphatic heterocycles. The lowest BCUT2D eigenvalue weighted by atomic mass is 10.2. The molecule has 0 aromatic carbocycles. The molecular formula is C13H21BrN6. The number of halogens is 1. The van der Waals surface area contributed by atoms with Crippen LogP contribution in [0.25, 0.3) is 0 Å². The molecule has 6 nitrogen and oxygen atoms in total. The third kappa shape index (κ3) is 3.46. The lowest BCUT2D eigenvalue weighted by Crippen LogP contribution is -2.09. The second-order valence-electron chi connectivity index (χ2n) is 4.82. The molecule has 0 saturated carbocycles. The minimum Gasteiger partial charge on any atom is -0.330 e. The van der Waals surface area contributed by atoms with E-state index >= 15 is 0 Å². The number of hydrogen-bond acceptors (Lipinski definition) is 4. The van der Waals surface area contributed by atoms with Gasteiger partial charge in [-0.1, -0.05) is 5.21 Å². The molecule has 0 aliphatic carbocycles. The van der Waals surface area contributed by atoms with E-state index in [1.54, 1.807) is 0 Å². The average Bonchev–Trinajstić information content (AvgIpc) is 2.99. The summed E-state index contributed by atoms with van der Waals surface area (Å²) in [6.45, 7) is 6.34. The van der Waals surface area contributed by atoms with Crippen LogP contribution in [-0.2, 0) is 19.5 Å². The number of nitrogens with two attached hydrogens (primary N) is 1. The highest BCUT2D eigenvalue weighted by molar-refractivity contribution is 9.10. The van der Waals surface area contributed by atoms with E-state index in [1.165, 1.54) is 0 Å². The van der Waals surface area contributed by atoms with E-state index in [-0.39, 0.29) is 0 Å². The Morgan fingerprint density at radius 2 is 2.15 bits per heavy atom. The Morgan fingerprint density at radius 3 is 2.85 bits per heavy atom. The van der Waals surface area contributed by atoms with Gasteiger partial charge in [-0.3, -0.25) is 4.68 Å². The predicted octanol–water partition coefficient (Wildman–Crippen LogP) is 1.90. The number of hydrogen-bond donors (Lipinski definition) is 1. The fraction of sp³-hybridized carbons (Fsp3) is 0.615. The van der Waals surface area contributed by atoms with E-state index in [1.807, 2.05) is 22.5 Å². The first-order chi connectivity index (χ1) is 9.65. The molecule has 110 valence electrons. The van der Waals surface area contributed by atoms with Gasteiger partial charge in [0, 0.05) is 12.7 Å². The first-order valence-electron chi connectivity index (χ1n) is 6.96. The minimum atomic E-state index is 0.680. The molecule has 2 N–H and O–H groups in total. The van der Waals surface area contributed by atoms with Crippen LogP contribution in [0.5, 0.6) is 0 Å². The van der Waals surface area contributed by atoms with Gasteiger partial charge in [0.1, 0.15) is 0 Å². The lowest BCUT2D eigenvalue weighted by Gasteiger charge is -2.04. The Labute approximate surface area is 127 Å². The summed E-state index contributed by atoms with van der Waals surface area (Å²) in [5.41, 5.74) is 8.65. The third-order valence-electron chi connectivity index (χ3n) is 3.24. The van der Waals surface area contributed by atoms with Crippen LogP contribution in [0.4, 0.5) is 0 Å². The van der Waals surface area contributed by atoms with Crippen LogP contribution in [-0.4, -0.2) is 31.3 Å². The van der Waals surface area contributed by atoms with Gasteiger partial charge in [-0.15, -0.1) is 5.10 Å². The maximum Gasteiger partial charge on any atom is 0.0857 e. The maximum atomic E-state index is 5.49. The minimum absolute atomic E-state index is 0.680. The van der Waals surface area contributed by atoms with Gasteiger partial charge < -0.3 is 5.73 Å². The van der Waals surface area contributed by atoms with Crippen molar-refractivity contribution in [2.75, 3.05) is 6.54 Å². The van der Waals surface area contributed by atoms with E-state index < -0.39 is 0 Å². The average molecular weight is 341 g/mol. The van der Waals surface area contributed by atoms with Crippen molar-refractivity contribution in [3.05, 3.63) is 27.8 Å². The summed E-state index contributed by atoms with van der Waals surface area (Å²) in [5, 5.41) is 12.9. The number of rotatable bonds is 7. The van der Waals surface area contributed by atoms with Crippen LogP contribution in [0.2, 0.25) is 0 Å². The number of unbranched alkanes of at least 4 members (excludes halogenated alkanes) is 1. The van der Waals surface area contributed by atoms with E-state index in [0.29, 0.717) is 6.54 Å². The molecule has 0 bridgehead atoms. The first kappa shape index (κ1) is 15.2. The van der Waals surface area contributed by atoms with Gasteiger partial charge in [0.15, 0.2) is 0 Å². The van der Waals surface area contributed by atoms with Gasteiger partial charge in [0.25, 0.3) is 0 Å². The Balaban J connectivity index is 2.07. The zero-order chi connectivity index (χ0) is 14.5. The fourth-order valence-electron chi connectivity index (χ4n) is 2.15. The van der Waals surface area contributed by atoms with Crippen molar-refractivity contribution in [3.8, 4) is 0 Å². The summed E-state index contributed by atoms with van der Waals surface area (Å²) in [6, 6.07) is 0. The summed E-state index contributed by atoms with van der Waals surface area (Å²) in [6.07, 6.45) is 5.03. The molecular weight excluding hydrogens is 320 g/mol. The number of nitrogens with zero attached hydrogens (tertiary/aromatic N) is 5. The summed E-state index contributed by atoms with van der Waals surface area (Å²) < 4.78 is 4.92. The van der Waals surface area contributed by atoms with Crippen molar-refractivity contribution in [1.82, 2.24) is 24.8 Å². The Morgan fingerprint density at radius 1 is 1.35 bits per heavy atom.